The number of unbranched alkanes of at least 4 members (excludes halogenated alkanes) is 1. The molecule has 0 aliphatic carbocycles. The number of hydrogen-bond donors (Lipinski definition) is 5. The fourth-order valence-corrected chi connectivity index (χ4v) is 7.41. The topological polar surface area (TPSA) is 126 Å². The summed E-state index contributed by atoms with van der Waals surface area (Å²) < 4.78 is 7.60. The van der Waals surface area contributed by atoms with Gasteiger partial charge in [-0.15, -0.1) is 0 Å². The Labute approximate surface area is 307 Å². The molecule has 3 aliphatic heterocycles. The first-order valence-electron chi connectivity index (χ1n) is 17.2. The Kier molecular flexibility index (Phi) is 13.1. The number of para-hydroxylation sites is 2. The number of aliphatic hydroxyl groups is 4. The Morgan fingerprint density at radius 2 is 1.63 bits per heavy atom. The zero-order valence-corrected chi connectivity index (χ0v) is 31.4. The summed E-state index contributed by atoms with van der Waals surface area (Å²) >= 11 is 0. The van der Waals surface area contributed by atoms with Gasteiger partial charge >= 0.3 is 0 Å². The largest absolute Gasteiger partial charge is 1.00 e. The van der Waals surface area contributed by atoms with Gasteiger partial charge in [0, 0.05) is 53.9 Å². The highest BCUT2D eigenvalue weighted by atomic mass is 127. The standard InChI is InChI=1S/C39H51N3O6.HI/c1-6-23-41-28-18-12-10-16-26(28)38(2,3)31(41)20-8-7-9-21-32-39(4,5)27-17-11-13-19-29(27)42(32)24-15-14-22-33(44)40-34-36(46)35(45)30(25-43)48-37(34)47;/h7-13,16-21,30,34-37,43,45-47H,6,14-15,22-25H2,1-5H3;1H/t30-,34-,35-,36-,37?;/m1./s1. The zero-order valence-electron chi connectivity index (χ0n) is 29.2. The molecule has 0 saturated carbocycles. The van der Waals surface area contributed by atoms with Crippen molar-refractivity contribution in [2.24, 2.45) is 0 Å². The molecule has 49 heavy (non-hydrogen) atoms. The highest BCUT2D eigenvalue weighted by molar-refractivity contribution is 6.03. The Bertz CT molecular complexity index is 1600. The SMILES string of the molecule is CCC[N+]1=C(/C=C/C=C/C=C2/N(CCCCC(=O)N[C@H]3C(O)O[C@H](CO)[C@@H](O)[C@@H]3O)c3ccccc3C2(C)C)C(C)(C)c2ccccc21.[I-]. The minimum atomic E-state index is -1.53. The molecule has 1 unspecified atom stereocenters. The third kappa shape index (κ3) is 7.89. The van der Waals surface area contributed by atoms with Crippen LogP contribution in [-0.2, 0) is 20.4 Å². The third-order valence-corrected chi connectivity index (χ3v) is 10.0. The Morgan fingerprint density at radius 1 is 0.939 bits per heavy atom. The first-order valence-corrected chi connectivity index (χ1v) is 17.2. The maximum Gasteiger partial charge on any atom is 0.220 e. The summed E-state index contributed by atoms with van der Waals surface area (Å²) in [5.41, 5.74) is 7.27. The van der Waals surface area contributed by atoms with Crippen molar-refractivity contribution in [2.45, 2.75) is 102 Å². The number of allylic oxidation sites excluding steroid dienone is 6. The van der Waals surface area contributed by atoms with E-state index in [1.165, 1.54) is 28.2 Å². The number of ether oxygens (including phenoxy) is 1. The van der Waals surface area contributed by atoms with Gasteiger partial charge in [-0.05, 0) is 44.4 Å². The third-order valence-electron chi connectivity index (χ3n) is 10.0. The van der Waals surface area contributed by atoms with Crippen molar-refractivity contribution < 1.29 is 58.5 Å². The maximum absolute atomic E-state index is 12.7. The van der Waals surface area contributed by atoms with Crippen LogP contribution in [0.3, 0.4) is 0 Å². The molecule has 5 rings (SSSR count). The monoisotopic (exact) mass is 785 g/mol. The molecule has 2 aromatic carbocycles. The highest BCUT2D eigenvalue weighted by Gasteiger charge is 2.45. The second kappa shape index (κ2) is 16.4. The number of benzene rings is 2. The molecule has 2 aromatic rings. The summed E-state index contributed by atoms with van der Waals surface area (Å²) in [5.74, 6) is -0.354. The van der Waals surface area contributed by atoms with Crippen LogP contribution >= 0.6 is 0 Å². The predicted molar refractivity (Wildman–Crippen MR) is 188 cm³/mol. The van der Waals surface area contributed by atoms with Gasteiger partial charge in [0.05, 0.1) is 12.0 Å². The van der Waals surface area contributed by atoms with Crippen molar-refractivity contribution in [3.05, 3.63) is 95.7 Å². The fraction of sp³-hybridized carbons (Fsp3) is 0.487. The van der Waals surface area contributed by atoms with Gasteiger partial charge in [-0.2, -0.15) is 4.58 Å². The van der Waals surface area contributed by atoms with Gasteiger partial charge in [-0.3, -0.25) is 4.79 Å². The summed E-state index contributed by atoms with van der Waals surface area (Å²) in [6.45, 7) is 12.4. The molecule has 0 aromatic heterocycles. The number of halogens is 1. The summed E-state index contributed by atoms with van der Waals surface area (Å²) in [5, 5.41) is 42.6. The van der Waals surface area contributed by atoms with E-state index in [4.69, 9.17) is 4.74 Å². The molecule has 0 spiro atoms. The van der Waals surface area contributed by atoms with Crippen LogP contribution in [0.15, 0.2) is 84.6 Å². The number of anilines is 1. The number of rotatable bonds is 12. The van der Waals surface area contributed by atoms with Crippen LogP contribution in [0.4, 0.5) is 11.4 Å². The van der Waals surface area contributed by atoms with E-state index in [9.17, 15) is 25.2 Å². The number of aliphatic hydroxyl groups excluding tert-OH is 4. The van der Waals surface area contributed by atoms with Crippen LogP contribution in [0, 0.1) is 0 Å². The van der Waals surface area contributed by atoms with Crippen LogP contribution < -0.4 is 34.2 Å². The summed E-state index contributed by atoms with van der Waals surface area (Å²) in [7, 11) is 0. The molecular weight excluding hydrogens is 733 g/mol. The van der Waals surface area contributed by atoms with Crippen LogP contribution in [-0.4, -0.2) is 87.0 Å². The molecule has 3 heterocycles. The quantitative estimate of drug-likeness (QED) is 0.0954. The van der Waals surface area contributed by atoms with E-state index in [-0.39, 0.29) is 47.1 Å². The number of fused-ring (bicyclic) bond motifs is 2. The van der Waals surface area contributed by atoms with Gasteiger partial charge < -0.3 is 59.4 Å². The fourth-order valence-electron chi connectivity index (χ4n) is 7.41. The minimum Gasteiger partial charge on any atom is -1.00 e. The summed E-state index contributed by atoms with van der Waals surface area (Å²) in [6.07, 6.45) is 7.84. The number of nitrogens with one attached hydrogen (secondary N) is 1. The van der Waals surface area contributed by atoms with Crippen LogP contribution in [0.5, 0.6) is 0 Å². The number of nitrogens with zero attached hydrogens (tertiary/aromatic N) is 2. The predicted octanol–water partition coefficient (Wildman–Crippen LogP) is 1.36. The molecule has 9 nitrogen and oxygen atoms in total. The van der Waals surface area contributed by atoms with E-state index in [0.29, 0.717) is 13.0 Å². The van der Waals surface area contributed by atoms with Crippen molar-refractivity contribution in [2.75, 3.05) is 24.6 Å². The Balaban J connectivity index is 0.00000541. The highest BCUT2D eigenvalue weighted by Crippen LogP contribution is 2.47. The molecule has 5 atom stereocenters. The summed E-state index contributed by atoms with van der Waals surface area (Å²) in [6, 6.07) is 15.9. The van der Waals surface area contributed by atoms with Crippen molar-refractivity contribution in [3.8, 4) is 0 Å². The average Bonchev–Trinajstić information content (AvgIpc) is 3.41. The molecule has 0 bridgehead atoms. The van der Waals surface area contributed by atoms with Gasteiger partial charge in [-0.1, -0.05) is 75.4 Å². The Hall–Kier alpha value is -2.87. The normalized spacial score (nSPS) is 26.3. The van der Waals surface area contributed by atoms with Crippen molar-refractivity contribution in [1.29, 1.82) is 0 Å². The van der Waals surface area contributed by atoms with E-state index in [2.05, 4.69) is 128 Å². The molecule has 1 fully saturated rings. The maximum atomic E-state index is 12.7. The molecule has 5 N–H and O–H groups in total. The molecule has 266 valence electrons. The molecule has 1 amide bonds. The van der Waals surface area contributed by atoms with Gasteiger partial charge in [0.2, 0.25) is 11.6 Å². The lowest BCUT2D eigenvalue weighted by Gasteiger charge is -2.40. The van der Waals surface area contributed by atoms with Crippen molar-refractivity contribution in [3.63, 3.8) is 0 Å². The molecule has 0 radical (unpaired) electrons. The lowest BCUT2D eigenvalue weighted by molar-refractivity contribution is -0.437. The average molecular weight is 786 g/mol. The van der Waals surface area contributed by atoms with E-state index in [0.717, 1.165) is 25.1 Å². The van der Waals surface area contributed by atoms with E-state index in [1.54, 1.807) is 0 Å². The van der Waals surface area contributed by atoms with Crippen molar-refractivity contribution in [1.82, 2.24) is 5.32 Å². The number of amides is 1. The zero-order chi connectivity index (χ0) is 34.6. The van der Waals surface area contributed by atoms with Gasteiger partial charge in [-0.25, -0.2) is 0 Å². The number of hydrogen-bond acceptors (Lipinski definition) is 7. The lowest BCUT2D eigenvalue weighted by Crippen LogP contribution is -3.00. The van der Waals surface area contributed by atoms with Crippen LogP contribution in [0.1, 0.15) is 71.4 Å². The molecular formula is C39H52IN3O6. The molecule has 3 aliphatic rings. The van der Waals surface area contributed by atoms with Crippen LogP contribution in [0.25, 0.3) is 0 Å². The smallest absolute Gasteiger partial charge is 0.220 e. The Morgan fingerprint density at radius 3 is 2.35 bits per heavy atom. The van der Waals surface area contributed by atoms with Gasteiger partial charge in [0.15, 0.2) is 12.0 Å². The first-order chi connectivity index (χ1) is 22.9. The van der Waals surface area contributed by atoms with E-state index in [1.807, 2.05) is 0 Å². The number of carbonyl (C=O) groups is 1. The van der Waals surface area contributed by atoms with Crippen molar-refractivity contribution >= 4 is 23.0 Å². The van der Waals surface area contributed by atoms with Crippen LogP contribution in [0.2, 0.25) is 0 Å². The molecule has 10 heteroatoms. The molecule has 1 saturated heterocycles. The van der Waals surface area contributed by atoms with Gasteiger partial charge in [0.1, 0.15) is 30.9 Å². The van der Waals surface area contributed by atoms with E-state index < -0.39 is 37.3 Å². The minimum absolute atomic E-state index is 0. The first kappa shape index (κ1) is 38.9. The second-order valence-corrected chi connectivity index (χ2v) is 14.0. The number of carbonyl (C=O) groups excluding carboxylic acids is 1. The van der Waals surface area contributed by atoms with E-state index >= 15 is 0 Å². The second-order valence-electron chi connectivity index (χ2n) is 14.0. The van der Waals surface area contributed by atoms with Gasteiger partial charge in [0.25, 0.3) is 0 Å². The lowest BCUT2D eigenvalue weighted by atomic mass is 9.81. The summed E-state index contributed by atoms with van der Waals surface area (Å²) in [4.78, 5) is 15.1.